The van der Waals surface area contributed by atoms with Crippen LogP contribution in [0.3, 0.4) is 0 Å². The lowest BCUT2D eigenvalue weighted by Crippen LogP contribution is -2.03. The molecule has 186 valence electrons. The van der Waals surface area contributed by atoms with E-state index in [2.05, 4.69) is 13.2 Å². The Bertz CT molecular complexity index is 796. The predicted octanol–water partition coefficient (Wildman–Crippen LogP) is 6.81. The first-order valence-electron chi connectivity index (χ1n) is 11.6. The molecule has 6 heteroatoms. The van der Waals surface area contributed by atoms with Crippen molar-refractivity contribution in [1.29, 1.82) is 0 Å². The van der Waals surface area contributed by atoms with Crippen LogP contribution in [-0.2, 0) is 0 Å². The van der Waals surface area contributed by atoms with E-state index >= 15 is 0 Å². The highest BCUT2D eigenvalue weighted by Crippen LogP contribution is 2.40. The first-order valence-corrected chi connectivity index (χ1v) is 11.6. The number of hydrogen-bond acceptors (Lipinski definition) is 6. The fourth-order valence-corrected chi connectivity index (χ4v) is 3.58. The van der Waals surface area contributed by atoms with E-state index in [0.29, 0.717) is 47.7 Å². The van der Waals surface area contributed by atoms with Gasteiger partial charge in [-0.3, -0.25) is 0 Å². The molecule has 0 heterocycles. The minimum Gasteiger partial charge on any atom is -0.493 e. The quantitative estimate of drug-likeness (QED) is 0.237. The van der Waals surface area contributed by atoms with Crippen LogP contribution in [0.4, 0.5) is 0 Å². The van der Waals surface area contributed by atoms with Crippen LogP contribution in [0.5, 0.6) is 34.5 Å². The van der Waals surface area contributed by atoms with Crippen molar-refractivity contribution in [2.24, 2.45) is 0 Å². The third-order valence-electron chi connectivity index (χ3n) is 5.47. The summed E-state index contributed by atoms with van der Waals surface area (Å²) in [4.78, 5) is 0. The monoisotopic (exact) mass is 470 g/mol. The minimum absolute atomic E-state index is 0.615. The molecule has 0 saturated carbocycles. The summed E-state index contributed by atoms with van der Waals surface area (Å²) in [6, 6.07) is 7.58. The minimum atomic E-state index is 0.615. The van der Waals surface area contributed by atoms with Gasteiger partial charge in [0.1, 0.15) is 0 Å². The van der Waals surface area contributed by atoms with E-state index in [-0.39, 0.29) is 0 Å². The second-order valence-electron chi connectivity index (χ2n) is 7.74. The average molecular weight is 471 g/mol. The number of benzene rings is 2. The fourth-order valence-electron chi connectivity index (χ4n) is 3.58. The molecule has 0 aliphatic carbocycles. The summed E-state index contributed by atoms with van der Waals surface area (Å²) in [5.41, 5.74) is 1.85. The van der Waals surface area contributed by atoms with Gasteiger partial charge in [0.15, 0.2) is 23.0 Å². The zero-order valence-electron chi connectivity index (χ0n) is 21.0. The number of unbranched alkanes of at least 4 members (excludes halogenated alkanes) is 5. The molecule has 0 N–H and O–H groups in total. The Morgan fingerprint density at radius 1 is 0.529 bits per heavy atom. The van der Waals surface area contributed by atoms with E-state index in [1.54, 1.807) is 40.6 Å². The summed E-state index contributed by atoms with van der Waals surface area (Å²) < 4.78 is 33.7. The Hall–Kier alpha value is -3.28. The molecule has 0 saturated heterocycles. The van der Waals surface area contributed by atoms with Crippen LogP contribution in [0.1, 0.15) is 49.7 Å². The van der Waals surface area contributed by atoms with Gasteiger partial charge < -0.3 is 28.4 Å². The lowest BCUT2D eigenvalue weighted by atomic mass is 10.1. The Labute approximate surface area is 204 Å². The summed E-state index contributed by atoms with van der Waals surface area (Å²) in [5.74, 6) is 3.89. The van der Waals surface area contributed by atoms with Crippen molar-refractivity contribution in [2.45, 2.75) is 38.5 Å². The fraction of sp³-hybridized carbons (Fsp3) is 0.429. The van der Waals surface area contributed by atoms with E-state index in [1.807, 2.05) is 24.3 Å². The van der Waals surface area contributed by atoms with E-state index in [1.165, 1.54) is 0 Å². The lowest BCUT2D eigenvalue weighted by Gasteiger charge is -2.15. The molecule has 0 unspecified atom stereocenters. The molecule has 0 amide bonds. The third-order valence-corrected chi connectivity index (χ3v) is 5.47. The molecule has 0 aliphatic rings. The molecule has 0 aromatic heterocycles. The highest BCUT2D eigenvalue weighted by molar-refractivity contribution is 5.62. The number of hydrogen-bond donors (Lipinski definition) is 0. The van der Waals surface area contributed by atoms with Crippen LogP contribution in [0.15, 0.2) is 37.4 Å². The van der Waals surface area contributed by atoms with Crippen molar-refractivity contribution in [2.75, 3.05) is 41.7 Å². The first-order chi connectivity index (χ1) is 16.6. The van der Waals surface area contributed by atoms with Crippen LogP contribution in [0.2, 0.25) is 0 Å². The van der Waals surface area contributed by atoms with Gasteiger partial charge >= 0.3 is 0 Å². The molecule has 2 aromatic rings. The van der Waals surface area contributed by atoms with Gasteiger partial charge in [-0.25, -0.2) is 0 Å². The third kappa shape index (κ3) is 7.65. The number of methoxy groups -OCH3 is 4. The van der Waals surface area contributed by atoms with Crippen LogP contribution < -0.4 is 28.4 Å². The smallest absolute Gasteiger partial charge is 0.203 e. The highest BCUT2D eigenvalue weighted by atomic mass is 16.5. The highest BCUT2D eigenvalue weighted by Gasteiger charge is 2.14. The Morgan fingerprint density at radius 2 is 0.824 bits per heavy atom. The second kappa shape index (κ2) is 14.8. The molecule has 0 radical (unpaired) electrons. The van der Waals surface area contributed by atoms with Crippen LogP contribution in [0.25, 0.3) is 12.2 Å². The standard InChI is InChI=1S/C28H38O6/c1-7-21-17-23(29-3)27(24(18-21)30-4)33-15-13-11-9-10-12-14-16-34-28-25(31-5)19-22(8-2)20-26(28)32-6/h7-8,17-20H,1-2,9-16H2,3-6H3. The topological polar surface area (TPSA) is 55.4 Å². The largest absolute Gasteiger partial charge is 0.493 e. The summed E-state index contributed by atoms with van der Waals surface area (Å²) in [5, 5.41) is 0. The number of rotatable bonds is 17. The second-order valence-corrected chi connectivity index (χ2v) is 7.74. The molecule has 2 aromatic carbocycles. The molecule has 6 nitrogen and oxygen atoms in total. The van der Waals surface area contributed by atoms with Gasteiger partial charge in [-0.1, -0.05) is 51.0 Å². The van der Waals surface area contributed by atoms with Gasteiger partial charge in [-0.15, -0.1) is 0 Å². The van der Waals surface area contributed by atoms with Crippen molar-refractivity contribution in [3.05, 3.63) is 48.6 Å². The molecule has 0 aliphatic heterocycles. The van der Waals surface area contributed by atoms with E-state index in [0.717, 1.165) is 49.7 Å². The normalized spacial score (nSPS) is 10.4. The summed E-state index contributed by atoms with van der Waals surface area (Å²) in [6.07, 6.45) is 9.94. The van der Waals surface area contributed by atoms with Crippen LogP contribution >= 0.6 is 0 Å². The predicted molar refractivity (Wildman–Crippen MR) is 138 cm³/mol. The molecule has 0 spiro atoms. The first kappa shape index (κ1) is 27.0. The van der Waals surface area contributed by atoms with Crippen molar-refractivity contribution < 1.29 is 28.4 Å². The Balaban J connectivity index is 1.67. The van der Waals surface area contributed by atoms with Gasteiger partial charge in [0.05, 0.1) is 41.7 Å². The summed E-state index contributed by atoms with van der Waals surface area (Å²) in [6.45, 7) is 8.82. The van der Waals surface area contributed by atoms with E-state index < -0.39 is 0 Å². The average Bonchev–Trinajstić information content (AvgIpc) is 2.88. The van der Waals surface area contributed by atoms with Gasteiger partial charge in [-0.2, -0.15) is 0 Å². The maximum Gasteiger partial charge on any atom is 0.203 e. The van der Waals surface area contributed by atoms with E-state index in [9.17, 15) is 0 Å². The molecule has 0 bridgehead atoms. The number of ether oxygens (including phenoxy) is 6. The molecule has 34 heavy (non-hydrogen) atoms. The Kier molecular flexibility index (Phi) is 11.7. The molecular formula is C28H38O6. The van der Waals surface area contributed by atoms with Gasteiger partial charge in [-0.05, 0) is 48.2 Å². The molecule has 0 fully saturated rings. The Morgan fingerprint density at radius 3 is 1.09 bits per heavy atom. The van der Waals surface area contributed by atoms with Crippen molar-refractivity contribution in [1.82, 2.24) is 0 Å². The zero-order chi connectivity index (χ0) is 24.8. The molecular weight excluding hydrogens is 432 g/mol. The van der Waals surface area contributed by atoms with Gasteiger partial charge in [0.25, 0.3) is 0 Å². The maximum absolute atomic E-state index is 5.97. The lowest BCUT2D eigenvalue weighted by molar-refractivity contribution is 0.262. The molecule has 2 rings (SSSR count). The van der Waals surface area contributed by atoms with Crippen LogP contribution in [-0.4, -0.2) is 41.7 Å². The van der Waals surface area contributed by atoms with Gasteiger partial charge in [0, 0.05) is 0 Å². The summed E-state index contributed by atoms with van der Waals surface area (Å²) >= 11 is 0. The van der Waals surface area contributed by atoms with E-state index in [4.69, 9.17) is 28.4 Å². The SMILES string of the molecule is C=Cc1cc(OC)c(OCCCCCCCCOc2c(OC)cc(C=C)cc2OC)c(OC)c1. The zero-order valence-corrected chi connectivity index (χ0v) is 21.0. The van der Waals surface area contributed by atoms with Crippen molar-refractivity contribution in [3.8, 4) is 34.5 Å². The van der Waals surface area contributed by atoms with Gasteiger partial charge in [0.2, 0.25) is 11.5 Å². The molecule has 0 atom stereocenters. The van der Waals surface area contributed by atoms with Crippen molar-refractivity contribution in [3.63, 3.8) is 0 Å². The van der Waals surface area contributed by atoms with Crippen molar-refractivity contribution >= 4 is 12.2 Å². The van der Waals surface area contributed by atoms with Crippen LogP contribution in [0, 0.1) is 0 Å². The summed E-state index contributed by atoms with van der Waals surface area (Å²) in [7, 11) is 6.50. The maximum atomic E-state index is 5.97.